The zero-order valence-electron chi connectivity index (χ0n) is 14.1. The number of aromatic nitrogens is 2. The van der Waals surface area contributed by atoms with Crippen LogP contribution >= 0.6 is 0 Å². The fourth-order valence-electron chi connectivity index (χ4n) is 3.53. The molecule has 1 aromatic carbocycles. The highest BCUT2D eigenvalue weighted by atomic mass is 16.5. The summed E-state index contributed by atoms with van der Waals surface area (Å²) >= 11 is 0. The number of carbonyl (C=O) groups excluding carboxylic acids is 1. The van der Waals surface area contributed by atoms with Gasteiger partial charge in [0.15, 0.2) is 5.69 Å². The van der Waals surface area contributed by atoms with Gasteiger partial charge in [-0.05, 0) is 18.7 Å². The smallest absolute Gasteiger partial charge is 0.274 e. The van der Waals surface area contributed by atoms with Gasteiger partial charge in [0.25, 0.3) is 5.91 Å². The molecule has 24 heavy (non-hydrogen) atoms. The average Bonchev–Trinajstić information content (AvgIpc) is 3.16. The van der Waals surface area contributed by atoms with Gasteiger partial charge in [0.05, 0.1) is 6.54 Å². The van der Waals surface area contributed by atoms with Gasteiger partial charge in [0, 0.05) is 44.2 Å². The van der Waals surface area contributed by atoms with Crippen LogP contribution in [-0.2, 0) is 19.4 Å². The molecule has 1 amide bonds. The minimum atomic E-state index is -0.0395. The molecular weight excluding hydrogens is 304 g/mol. The predicted octanol–water partition coefficient (Wildman–Crippen LogP) is 1.47. The quantitative estimate of drug-likeness (QED) is 0.928. The molecule has 1 aromatic heterocycles. The molecule has 2 aliphatic rings. The summed E-state index contributed by atoms with van der Waals surface area (Å²) in [5.74, 6) is 0.893. The van der Waals surface area contributed by atoms with Crippen molar-refractivity contribution in [1.82, 2.24) is 20.0 Å². The third-order valence-corrected chi connectivity index (χ3v) is 4.86. The van der Waals surface area contributed by atoms with Gasteiger partial charge in [-0.1, -0.05) is 18.2 Å². The molecule has 1 N–H and O–H groups in total. The number of benzene rings is 1. The number of carbonyl (C=O) groups is 1. The van der Waals surface area contributed by atoms with Gasteiger partial charge in [-0.25, -0.2) is 0 Å². The molecule has 126 valence electrons. The van der Waals surface area contributed by atoms with E-state index in [1.54, 1.807) is 4.90 Å². The summed E-state index contributed by atoms with van der Waals surface area (Å²) in [6, 6.07) is 8.06. The third kappa shape index (κ3) is 2.67. The zero-order valence-corrected chi connectivity index (χ0v) is 14.1. The number of nitrogens with one attached hydrogen (secondary N) is 1. The Balaban J connectivity index is 1.45. The lowest BCUT2D eigenvalue weighted by atomic mass is 10.1. The Morgan fingerprint density at radius 2 is 2.29 bits per heavy atom. The normalized spacial score (nSPS) is 19.5. The number of hydrogen-bond acceptors (Lipinski definition) is 4. The van der Waals surface area contributed by atoms with Crippen molar-refractivity contribution in [3.8, 4) is 5.75 Å². The molecule has 3 heterocycles. The van der Waals surface area contributed by atoms with E-state index in [2.05, 4.69) is 28.2 Å². The molecule has 1 unspecified atom stereocenters. The molecule has 0 saturated heterocycles. The first-order chi connectivity index (χ1) is 11.6. The van der Waals surface area contributed by atoms with Crippen LogP contribution in [0.15, 0.2) is 24.3 Å². The highest BCUT2D eigenvalue weighted by Gasteiger charge is 2.29. The molecule has 4 rings (SSSR count). The van der Waals surface area contributed by atoms with E-state index in [4.69, 9.17) is 4.74 Å². The van der Waals surface area contributed by atoms with Gasteiger partial charge < -0.3 is 14.5 Å². The number of aromatic amines is 1. The molecule has 2 aromatic rings. The fraction of sp³-hybridized carbons (Fsp3) is 0.444. The summed E-state index contributed by atoms with van der Waals surface area (Å²) in [5, 5.41) is 7.32. The molecule has 6 heteroatoms. The molecule has 1 atom stereocenters. The summed E-state index contributed by atoms with van der Waals surface area (Å²) < 4.78 is 5.94. The second-order valence-electron chi connectivity index (χ2n) is 6.75. The Hall–Kier alpha value is -2.34. The van der Waals surface area contributed by atoms with E-state index in [9.17, 15) is 4.79 Å². The van der Waals surface area contributed by atoms with Gasteiger partial charge in [-0.2, -0.15) is 5.10 Å². The van der Waals surface area contributed by atoms with Crippen LogP contribution in [0.25, 0.3) is 0 Å². The van der Waals surface area contributed by atoms with Gasteiger partial charge in [-0.3, -0.25) is 9.89 Å². The minimum Gasteiger partial charge on any atom is -0.488 e. The van der Waals surface area contributed by atoms with Crippen LogP contribution in [0.4, 0.5) is 0 Å². The van der Waals surface area contributed by atoms with E-state index in [1.165, 1.54) is 5.56 Å². The first-order valence-corrected chi connectivity index (χ1v) is 8.36. The second-order valence-corrected chi connectivity index (χ2v) is 6.75. The van der Waals surface area contributed by atoms with E-state index in [0.717, 1.165) is 42.9 Å². The van der Waals surface area contributed by atoms with Gasteiger partial charge in [0.1, 0.15) is 11.9 Å². The Kier molecular flexibility index (Phi) is 3.76. The van der Waals surface area contributed by atoms with Crippen LogP contribution in [0.2, 0.25) is 0 Å². The van der Waals surface area contributed by atoms with Crippen LogP contribution in [-0.4, -0.2) is 59.2 Å². The Morgan fingerprint density at radius 3 is 3.12 bits per heavy atom. The third-order valence-electron chi connectivity index (χ3n) is 4.86. The molecule has 0 aliphatic carbocycles. The van der Waals surface area contributed by atoms with Crippen LogP contribution in [0.5, 0.6) is 5.75 Å². The molecular formula is C18H22N4O2. The molecule has 0 fully saturated rings. The lowest BCUT2D eigenvalue weighted by Crippen LogP contribution is -2.37. The van der Waals surface area contributed by atoms with Crippen molar-refractivity contribution < 1.29 is 9.53 Å². The zero-order chi connectivity index (χ0) is 16.7. The number of amides is 1. The highest BCUT2D eigenvalue weighted by molar-refractivity contribution is 5.94. The summed E-state index contributed by atoms with van der Waals surface area (Å²) in [6.07, 6.45) is 1.76. The van der Waals surface area contributed by atoms with Crippen molar-refractivity contribution in [2.75, 3.05) is 27.2 Å². The van der Waals surface area contributed by atoms with Crippen LogP contribution < -0.4 is 4.74 Å². The van der Waals surface area contributed by atoms with Crippen molar-refractivity contribution in [3.63, 3.8) is 0 Å². The molecule has 0 spiro atoms. The maximum absolute atomic E-state index is 12.8. The second kappa shape index (κ2) is 5.94. The fourth-order valence-corrected chi connectivity index (χ4v) is 3.53. The number of para-hydroxylation sites is 1. The number of fused-ring (bicyclic) bond motifs is 2. The maximum atomic E-state index is 12.8. The number of rotatable bonds is 3. The Bertz CT molecular complexity index is 745. The van der Waals surface area contributed by atoms with E-state index < -0.39 is 0 Å². The van der Waals surface area contributed by atoms with Gasteiger partial charge in [0.2, 0.25) is 0 Å². The molecule has 0 radical (unpaired) electrons. The van der Waals surface area contributed by atoms with E-state index in [1.807, 2.05) is 25.2 Å². The Labute approximate surface area is 141 Å². The standard InChI is InChI=1S/C18H22N4O2/c1-21-8-7-15-14(11-21)17(20-19-15)18(23)22(2)10-13-9-12-5-3-4-6-16(12)24-13/h3-6,13H,7-11H2,1-2H3,(H,19,20). The number of nitrogens with zero attached hydrogens (tertiary/aromatic N) is 3. The van der Waals surface area contributed by atoms with Crippen molar-refractivity contribution in [1.29, 1.82) is 0 Å². The molecule has 0 bridgehead atoms. The minimum absolute atomic E-state index is 0.00814. The largest absolute Gasteiger partial charge is 0.488 e. The predicted molar refractivity (Wildman–Crippen MR) is 90.1 cm³/mol. The topological polar surface area (TPSA) is 61.5 Å². The molecule has 0 saturated carbocycles. The van der Waals surface area contributed by atoms with Crippen molar-refractivity contribution in [3.05, 3.63) is 46.8 Å². The number of likely N-dealkylation sites (N-methyl/N-ethyl adjacent to an activating group) is 2. The van der Waals surface area contributed by atoms with E-state index in [-0.39, 0.29) is 12.0 Å². The number of H-pyrrole nitrogens is 1. The van der Waals surface area contributed by atoms with Crippen LogP contribution in [0.1, 0.15) is 27.3 Å². The van der Waals surface area contributed by atoms with Crippen LogP contribution in [0, 0.1) is 0 Å². The highest BCUT2D eigenvalue weighted by Crippen LogP contribution is 2.28. The van der Waals surface area contributed by atoms with E-state index in [0.29, 0.717) is 12.2 Å². The lowest BCUT2D eigenvalue weighted by Gasteiger charge is -2.24. The summed E-state index contributed by atoms with van der Waals surface area (Å²) in [7, 11) is 3.89. The molecule has 2 aliphatic heterocycles. The molecule has 6 nitrogen and oxygen atoms in total. The van der Waals surface area contributed by atoms with E-state index >= 15 is 0 Å². The lowest BCUT2D eigenvalue weighted by molar-refractivity contribution is 0.0722. The average molecular weight is 326 g/mol. The van der Waals surface area contributed by atoms with Gasteiger partial charge in [-0.15, -0.1) is 0 Å². The van der Waals surface area contributed by atoms with Crippen molar-refractivity contribution in [2.45, 2.75) is 25.5 Å². The van der Waals surface area contributed by atoms with Crippen LogP contribution in [0.3, 0.4) is 0 Å². The van der Waals surface area contributed by atoms with Crippen molar-refractivity contribution >= 4 is 5.91 Å². The number of hydrogen-bond donors (Lipinski definition) is 1. The SMILES string of the molecule is CN1CCc2[nH]nc(C(=O)N(C)CC3Cc4ccccc4O3)c2C1. The van der Waals surface area contributed by atoms with Gasteiger partial charge >= 0.3 is 0 Å². The summed E-state index contributed by atoms with van der Waals surface area (Å²) in [5.41, 5.74) is 3.89. The summed E-state index contributed by atoms with van der Waals surface area (Å²) in [6.45, 7) is 2.32. The maximum Gasteiger partial charge on any atom is 0.274 e. The number of ether oxygens (including phenoxy) is 1. The first kappa shape index (κ1) is 15.2. The first-order valence-electron chi connectivity index (χ1n) is 8.36. The van der Waals surface area contributed by atoms with Crippen molar-refractivity contribution in [2.24, 2.45) is 0 Å². The monoisotopic (exact) mass is 326 g/mol. The summed E-state index contributed by atoms with van der Waals surface area (Å²) in [4.78, 5) is 16.8. The Morgan fingerprint density at radius 1 is 1.46 bits per heavy atom.